The molecule has 0 saturated carbocycles. The van der Waals surface area contributed by atoms with E-state index in [2.05, 4.69) is 20.9 Å². The second-order valence-electron chi connectivity index (χ2n) is 4.00. The van der Waals surface area contributed by atoms with Crippen molar-refractivity contribution in [3.63, 3.8) is 0 Å². The summed E-state index contributed by atoms with van der Waals surface area (Å²) in [7, 11) is 0. The second-order valence-corrected chi connectivity index (χ2v) is 6.18. The van der Waals surface area contributed by atoms with Crippen LogP contribution >= 0.6 is 38.9 Å². The average Bonchev–Trinajstić information content (AvgIpc) is 2.89. The van der Waals surface area contributed by atoms with Crippen molar-refractivity contribution in [1.29, 1.82) is 0 Å². The molecule has 0 aliphatic heterocycles. The largest absolute Gasteiger partial charge is 0.422 e. The van der Waals surface area contributed by atoms with Crippen LogP contribution in [-0.4, -0.2) is 11.0 Å². The van der Waals surface area contributed by atoms with Gasteiger partial charge in [-0.25, -0.2) is 9.78 Å². The number of hydrogen-bond acceptors (Lipinski definition) is 4. The molecule has 100 valence electrons. The molecule has 0 unspecified atom stereocenters. The molecule has 0 bridgehead atoms. The summed E-state index contributed by atoms with van der Waals surface area (Å²) in [5.41, 5.74) is 3.11. The first-order valence-electron chi connectivity index (χ1n) is 5.64. The van der Waals surface area contributed by atoms with Gasteiger partial charge >= 0.3 is 5.97 Å². The molecule has 3 rings (SSSR count). The number of nitrogens with zero attached hydrogens (tertiary/aromatic N) is 1. The summed E-state index contributed by atoms with van der Waals surface area (Å²) in [6, 6.07) is 10.3. The van der Waals surface area contributed by atoms with E-state index >= 15 is 0 Å². The molecule has 0 aliphatic carbocycles. The number of benzene rings is 2. The molecule has 0 atom stereocenters. The standard InChI is InChI=1S/C14H7BrClNO2S/c15-10-6-9(16)2-4-12(10)19-14(18)8-1-3-11-13(5-8)20-7-17-11/h1-7H. The second kappa shape index (κ2) is 5.52. The maximum Gasteiger partial charge on any atom is 0.343 e. The monoisotopic (exact) mass is 367 g/mol. The van der Waals surface area contributed by atoms with E-state index in [0.29, 0.717) is 20.8 Å². The van der Waals surface area contributed by atoms with Crippen molar-refractivity contribution in [2.45, 2.75) is 0 Å². The molecule has 0 amide bonds. The van der Waals surface area contributed by atoms with Crippen molar-refractivity contribution in [3.8, 4) is 5.75 Å². The Balaban J connectivity index is 1.88. The molecule has 0 radical (unpaired) electrons. The van der Waals surface area contributed by atoms with E-state index in [4.69, 9.17) is 16.3 Å². The van der Waals surface area contributed by atoms with Gasteiger partial charge in [-0.2, -0.15) is 0 Å². The van der Waals surface area contributed by atoms with Gasteiger partial charge in [0, 0.05) is 5.02 Å². The van der Waals surface area contributed by atoms with Gasteiger partial charge in [0.2, 0.25) is 0 Å². The van der Waals surface area contributed by atoms with Gasteiger partial charge in [0.25, 0.3) is 0 Å². The predicted octanol–water partition coefficient (Wildman–Crippen LogP) is 4.93. The minimum atomic E-state index is -0.414. The molecule has 2 aromatic carbocycles. The number of esters is 1. The van der Waals surface area contributed by atoms with Gasteiger partial charge in [0.05, 0.1) is 25.8 Å². The highest BCUT2D eigenvalue weighted by atomic mass is 79.9. The van der Waals surface area contributed by atoms with Crippen LogP contribution < -0.4 is 4.74 Å². The number of carbonyl (C=O) groups excluding carboxylic acids is 1. The van der Waals surface area contributed by atoms with E-state index in [1.54, 1.807) is 41.9 Å². The number of halogens is 2. The smallest absolute Gasteiger partial charge is 0.343 e. The quantitative estimate of drug-likeness (QED) is 0.475. The van der Waals surface area contributed by atoms with Crippen LogP contribution in [0.2, 0.25) is 5.02 Å². The lowest BCUT2D eigenvalue weighted by molar-refractivity contribution is 0.0734. The normalized spacial score (nSPS) is 10.7. The van der Waals surface area contributed by atoms with Gasteiger partial charge < -0.3 is 4.74 Å². The van der Waals surface area contributed by atoms with Gasteiger partial charge in [-0.05, 0) is 52.3 Å². The van der Waals surface area contributed by atoms with Crippen LogP contribution in [0.15, 0.2) is 46.4 Å². The fourth-order valence-corrected chi connectivity index (χ4v) is 3.18. The van der Waals surface area contributed by atoms with Crippen molar-refractivity contribution in [3.05, 3.63) is 57.0 Å². The SMILES string of the molecule is O=C(Oc1ccc(Cl)cc1Br)c1ccc2ncsc2c1. The number of fused-ring (bicyclic) bond motifs is 1. The van der Waals surface area contributed by atoms with Crippen LogP contribution in [0.1, 0.15) is 10.4 Å². The van der Waals surface area contributed by atoms with E-state index in [1.165, 1.54) is 11.3 Å². The lowest BCUT2D eigenvalue weighted by atomic mass is 10.2. The highest BCUT2D eigenvalue weighted by Crippen LogP contribution is 2.29. The van der Waals surface area contributed by atoms with E-state index in [-0.39, 0.29) is 0 Å². The summed E-state index contributed by atoms with van der Waals surface area (Å²) in [5.74, 6) is 0.0205. The molecule has 0 spiro atoms. The Morgan fingerprint density at radius 3 is 2.90 bits per heavy atom. The maximum atomic E-state index is 12.1. The molecule has 0 fully saturated rings. The summed E-state index contributed by atoms with van der Waals surface area (Å²) in [5, 5.41) is 0.572. The minimum absolute atomic E-state index is 0.414. The Morgan fingerprint density at radius 1 is 1.25 bits per heavy atom. The molecular weight excluding hydrogens is 362 g/mol. The summed E-state index contributed by atoms with van der Waals surface area (Å²) >= 11 is 10.6. The Morgan fingerprint density at radius 2 is 2.10 bits per heavy atom. The maximum absolute atomic E-state index is 12.1. The van der Waals surface area contributed by atoms with E-state index < -0.39 is 5.97 Å². The van der Waals surface area contributed by atoms with Gasteiger partial charge in [0.1, 0.15) is 5.75 Å². The fourth-order valence-electron chi connectivity index (χ4n) is 1.70. The third-order valence-electron chi connectivity index (χ3n) is 2.66. The molecule has 3 nitrogen and oxygen atoms in total. The summed E-state index contributed by atoms with van der Waals surface area (Å²) < 4.78 is 6.94. The lowest BCUT2D eigenvalue weighted by Crippen LogP contribution is -2.08. The zero-order valence-electron chi connectivity index (χ0n) is 9.97. The Kier molecular flexibility index (Phi) is 3.74. The van der Waals surface area contributed by atoms with Crippen LogP contribution in [0.25, 0.3) is 10.2 Å². The number of ether oxygens (including phenoxy) is 1. The summed E-state index contributed by atoms with van der Waals surface area (Å²) in [6.45, 7) is 0. The molecule has 3 aromatic rings. The first-order valence-corrected chi connectivity index (χ1v) is 7.69. The highest BCUT2D eigenvalue weighted by molar-refractivity contribution is 9.10. The van der Waals surface area contributed by atoms with Gasteiger partial charge in [-0.1, -0.05) is 11.6 Å². The van der Waals surface area contributed by atoms with Crippen molar-refractivity contribution in [1.82, 2.24) is 4.98 Å². The Hall–Kier alpha value is -1.43. The Bertz CT molecular complexity index is 803. The lowest BCUT2D eigenvalue weighted by Gasteiger charge is -2.06. The topological polar surface area (TPSA) is 39.2 Å². The van der Waals surface area contributed by atoms with Crippen molar-refractivity contribution < 1.29 is 9.53 Å². The third kappa shape index (κ3) is 2.70. The number of aromatic nitrogens is 1. The predicted molar refractivity (Wildman–Crippen MR) is 83.7 cm³/mol. The summed E-state index contributed by atoms with van der Waals surface area (Å²) in [6.07, 6.45) is 0. The molecule has 0 saturated heterocycles. The van der Waals surface area contributed by atoms with Gasteiger partial charge in [0.15, 0.2) is 0 Å². The van der Waals surface area contributed by atoms with E-state index in [0.717, 1.165) is 10.2 Å². The average molecular weight is 369 g/mol. The number of thiazole rings is 1. The molecular formula is C14H7BrClNO2S. The van der Waals surface area contributed by atoms with Crippen molar-refractivity contribution >= 4 is 55.1 Å². The number of carbonyl (C=O) groups is 1. The zero-order chi connectivity index (χ0) is 14.1. The third-order valence-corrected chi connectivity index (χ3v) is 4.31. The van der Waals surface area contributed by atoms with Gasteiger partial charge in [-0.3, -0.25) is 0 Å². The zero-order valence-corrected chi connectivity index (χ0v) is 13.1. The van der Waals surface area contributed by atoms with E-state index in [9.17, 15) is 4.79 Å². The first-order chi connectivity index (χ1) is 9.63. The Labute approximate surface area is 132 Å². The molecule has 0 aliphatic rings. The fraction of sp³-hybridized carbons (Fsp3) is 0. The number of rotatable bonds is 2. The van der Waals surface area contributed by atoms with Crippen LogP contribution in [0.4, 0.5) is 0 Å². The van der Waals surface area contributed by atoms with Crippen molar-refractivity contribution in [2.75, 3.05) is 0 Å². The number of hydrogen-bond donors (Lipinski definition) is 0. The van der Waals surface area contributed by atoms with Crippen molar-refractivity contribution in [2.24, 2.45) is 0 Å². The van der Waals surface area contributed by atoms with Crippen LogP contribution in [0, 0.1) is 0 Å². The van der Waals surface area contributed by atoms with Crippen LogP contribution in [0.5, 0.6) is 5.75 Å². The van der Waals surface area contributed by atoms with Crippen LogP contribution in [-0.2, 0) is 0 Å². The minimum Gasteiger partial charge on any atom is -0.422 e. The summed E-state index contributed by atoms with van der Waals surface area (Å²) in [4.78, 5) is 16.3. The van der Waals surface area contributed by atoms with Gasteiger partial charge in [-0.15, -0.1) is 11.3 Å². The molecule has 1 heterocycles. The molecule has 0 N–H and O–H groups in total. The first kappa shape index (κ1) is 13.5. The molecule has 6 heteroatoms. The highest BCUT2D eigenvalue weighted by Gasteiger charge is 2.12. The van der Waals surface area contributed by atoms with Crippen LogP contribution in [0.3, 0.4) is 0 Å². The molecule has 1 aromatic heterocycles. The molecule has 20 heavy (non-hydrogen) atoms. The van der Waals surface area contributed by atoms with E-state index in [1.807, 2.05) is 0 Å².